The molecule has 0 aliphatic heterocycles. The molecule has 0 amide bonds. The summed E-state index contributed by atoms with van der Waals surface area (Å²) in [6.45, 7) is 22.9. The number of aliphatic hydroxyl groups is 1. The molecule has 4 rings (SSSR count). The zero-order valence-electron chi connectivity index (χ0n) is 29.9. The van der Waals surface area contributed by atoms with E-state index in [1.165, 1.54) is 0 Å². The zero-order chi connectivity index (χ0) is 34.8. The third-order valence-corrected chi connectivity index (χ3v) is 14.5. The first kappa shape index (κ1) is 36.6. The number of benzene rings is 1. The Morgan fingerprint density at radius 3 is 2.36 bits per heavy atom. The predicted molar refractivity (Wildman–Crippen MR) is 196 cm³/mol. The van der Waals surface area contributed by atoms with Crippen LogP contribution in [0.3, 0.4) is 0 Å². The average molecular weight is 674 g/mol. The number of fused-ring (bicyclic) bond motifs is 1. The van der Waals surface area contributed by atoms with Crippen LogP contribution in [-0.2, 0) is 22.0 Å². The van der Waals surface area contributed by atoms with Gasteiger partial charge in [-0.25, -0.2) is 18.6 Å². The van der Waals surface area contributed by atoms with E-state index in [0.29, 0.717) is 12.4 Å². The van der Waals surface area contributed by atoms with E-state index in [2.05, 4.69) is 63.4 Å². The van der Waals surface area contributed by atoms with Crippen LogP contribution >= 0.6 is 0 Å². The molecule has 0 aliphatic carbocycles. The smallest absolute Gasteiger partial charge is 0.192 e. The lowest BCUT2D eigenvalue weighted by molar-refractivity contribution is 0.143. The maximum absolute atomic E-state index is 13.0. The molecule has 2 N–H and O–H groups in total. The fourth-order valence-electron chi connectivity index (χ4n) is 4.58. The van der Waals surface area contributed by atoms with Crippen molar-refractivity contribution in [3.05, 3.63) is 71.7 Å². The maximum atomic E-state index is 13.0. The van der Waals surface area contributed by atoms with E-state index in [1.807, 2.05) is 67.9 Å². The molecule has 0 radical (unpaired) electrons. The summed E-state index contributed by atoms with van der Waals surface area (Å²) >= 11 is 0. The van der Waals surface area contributed by atoms with Gasteiger partial charge in [-0.3, -0.25) is 4.98 Å². The summed E-state index contributed by atoms with van der Waals surface area (Å²) in [6, 6.07) is 15.7. The van der Waals surface area contributed by atoms with E-state index >= 15 is 0 Å². The second kappa shape index (κ2) is 14.1. The van der Waals surface area contributed by atoms with Gasteiger partial charge in [-0.05, 0) is 95.6 Å². The van der Waals surface area contributed by atoms with Crippen LogP contribution in [0.25, 0.3) is 28.0 Å². The summed E-state index contributed by atoms with van der Waals surface area (Å²) in [7, 11) is -3.20. The van der Waals surface area contributed by atoms with Crippen LogP contribution in [0.5, 0.6) is 0 Å². The second-order valence-electron chi connectivity index (χ2n) is 15.1. The number of nitrogens with zero attached hydrogens (tertiary/aromatic N) is 4. The summed E-state index contributed by atoms with van der Waals surface area (Å²) < 4.78 is 24.2. The molecule has 0 saturated carbocycles. The van der Waals surface area contributed by atoms with Gasteiger partial charge in [0.05, 0.1) is 57.2 Å². The molecule has 8 nitrogen and oxygen atoms in total. The van der Waals surface area contributed by atoms with Crippen molar-refractivity contribution in [2.45, 2.75) is 116 Å². The van der Waals surface area contributed by atoms with Gasteiger partial charge in [0.1, 0.15) is 5.60 Å². The van der Waals surface area contributed by atoms with Crippen molar-refractivity contribution in [2.24, 2.45) is 0 Å². The first-order valence-corrected chi connectivity index (χ1v) is 20.4. The topological polar surface area (TPSA) is 102 Å². The molecule has 0 fully saturated rings. The van der Waals surface area contributed by atoms with Gasteiger partial charge in [0.2, 0.25) is 0 Å². The van der Waals surface area contributed by atoms with Gasteiger partial charge in [-0.15, -0.1) is 0 Å². The number of pyridine rings is 2. The summed E-state index contributed by atoms with van der Waals surface area (Å²) in [6.07, 6.45) is 3.51. The highest BCUT2D eigenvalue weighted by atomic mass is 32.2. The Labute approximate surface area is 284 Å². The quantitative estimate of drug-likeness (QED) is 0.131. The molecule has 0 spiro atoms. The monoisotopic (exact) mass is 673 g/mol. The Bertz CT molecular complexity index is 1800. The molecule has 47 heavy (non-hydrogen) atoms. The van der Waals surface area contributed by atoms with Crippen molar-refractivity contribution >= 4 is 30.2 Å². The molecular formula is C37H51N5O3SSi. The number of aromatic nitrogens is 4. The lowest BCUT2D eigenvalue weighted by Crippen LogP contribution is -2.40. The SMILES string of the molecule is CCC[C@H](N[S@](=O)C(C)(C)C)c1cccc(-c2cc(C#CC(C)(C)O)c3cnn(-c4cccc(CO[Si](C)(C)C(C)(C)C)n4)c3c2)n1. The highest BCUT2D eigenvalue weighted by molar-refractivity contribution is 7.84. The third kappa shape index (κ3) is 9.24. The van der Waals surface area contributed by atoms with Gasteiger partial charge in [0.15, 0.2) is 14.1 Å². The Morgan fingerprint density at radius 1 is 1.02 bits per heavy atom. The van der Waals surface area contributed by atoms with Crippen LogP contribution in [0.1, 0.15) is 98.1 Å². The second-order valence-corrected chi connectivity index (χ2v) is 22.0. The summed E-state index contributed by atoms with van der Waals surface area (Å²) in [4.78, 5) is 10.0. The van der Waals surface area contributed by atoms with E-state index in [4.69, 9.17) is 19.5 Å². The van der Waals surface area contributed by atoms with Crippen molar-refractivity contribution in [1.82, 2.24) is 24.5 Å². The van der Waals surface area contributed by atoms with Crippen LogP contribution in [0, 0.1) is 11.8 Å². The number of rotatable bonds is 10. The fraction of sp³-hybridized carbons (Fsp3) is 0.486. The zero-order valence-corrected chi connectivity index (χ0v) is 31.7. The Kier molecular flexibility index (Phi) is 11.0. The van der Waals surface area contributed by atoms with Crippen molar-refractivity contribution in [2.75, 3.05) is 0 Å². The lowest BCUT2D eigenvalue weighted by atomic mass is 10.0. The van der Waals surface area contributed by atoms with E-state index in [9.17, 15) is 9.32 Å². The molecule has 0 aliphatic rings. The first-order valence-electron chi connectivity index (χ1n) is 16.3. The van der Waals surface area contributed by atoms with Crippen LogP contribution in [-0.4, -0.2) is 47.7 Å². The first-order chi connectivity index (χ1) is 21.8. The van der Waals surface area contributed by atoms with Gasteiger partial charge < -0.3 is 9.53 Å². The standard InChI is InChI=1S/C37H51N5O3SSi/c1-12-15-32(41-46(44)35(2,3)4)31-18-14-17-30(40-31)27-22-26(20-21-37(8,9)43)29-24-38-42(33(29)23-27)34-19-13-16-28(39-34)25-45-47(10,11)36(5,6)7/h13-14,16-19,22-24,32,41,43H,12,15,25H2,1-11H3/t32-,46+/m0/s1. The summed E-state index contributed by atoms with van der Waals surface area (Å²) in [5, 5.41) is 16.1. The van der Waals surface area contributed by atoms with Crippen LogP contribution in [0.2, 0.25) is 18.1 Å². The largest absolute Gasteiger partial charge is 0.411 e. The van der Waals surface area contributed by atoms with Gasteiger partial charge in [0, 0.05) is 16.5 Å². The summed E-state index contributed by atoms with van der Waals surface area (Å²) in [5.41, 5.74) is 3.66. The molecule has 0 unspecified atom stereocenters. The van der Waals surface area contributed by atoms with Crippen molar-refractivity contribution in [1.29, 1.82) is 0 Å². The van der Waals surface area contributed by atoms with E-state index in [-0.39, 0.29) is 11.1 Å². The molecule has 3 aromatic heterocycles. The molecule has 1 aromatic carbocycles. The normalized spacial score (nSPS) is 14.1. The molecule has 252 valence electrons. The number of hydrogen-bond acceptors (Lipinski definition) is 6. The molecule has 2 atom stereocenters. The molecule has 3 heterocycles. The Balaban J connectivity index is 1.81. The number of nitrogens with one attached hydrogen (secondary N) is 1. The minimum absolute atomic E-state index is 0.0986. The minimum atomic E-state index is -1.96. The van der Waals surface area contributed by atoms with Gasteiger partial charge in [-0.2, -0.15) is 5.10 Å². The van der Waals surface area contributed by atoms with Crippen molar-refractivity contribution in [3.8, 4) is 28.9 Å². The van der Waals surface area contributed by atoms with E-state index in [0.717, 1.165) is 52.0 Å². The van der Waals surface area contributed by atoms with Crippen LogP contribution < -0.4 is 4.72 Å². The van der Waals surface area contributed by atoms with E-state index in [1.54, 1.807) is 20.0 Å². The van der Waals surface area contributed by atoms with Gasteiger partial charge >= 0.3 is 0 Å². The van der Waals surface area contributed by atoms with Crippen molar-refractivity contribution in [3.63, 3.8) is 0 Å². The Morgan fingerprint density at radius 2 is 1.72 bits per heavy atom. The predicted octanol–water partition coefficient (Wildman–Crippen LogP) is 8.02. The summed E-state index contributed by atoms with van der Waals surface area (Å²) in [5.74, 6) is 6.84. The van der Waals surface area contributed by atoms with Gasteiger partial charge in [-0.1, -0.05) is 58.1 Å². The lowest BCUT2D eigenvalue weighted by Gasteiger charge is -2.36. The van der Waals surface area contributed by atoms with Crippen LogP contribution in [0.15, 0.2) is 54.7 Å². The van der Waals surface area contributed by atoms with E-state index < -0.39 is 29.7 Å². The average Bonchev–Trinajstić information content (AvgIpc) is 3.42. The van der Waals surface area contributed by atoms with Gasteiger partial charge in [0.25, 0.3) is 0 Å². The molecule has 0 saturated heterocycles. The van der Waals surface area contributed by atoms with Crippen molar-refractivity contribution < 1.29 is 13.7 Å². The highest BCUT2D eigenvalue weighted by Crippen LogP contribution is 2.37. The third-order valence-electron chi connectivity index (χ3n) is 8.39. The minimum Gasteiger partial charge on any atom is -0.411 e. The number of hydrogen-bond donors (Lipinski definition) is 2. The fourth-order valence-corrected chi connectivity index (χ4v) is 6.38. The highest BCUT2D eigenvalue weighted by Gasteiger charge is 2.37. The molecular weight excluding hydrogens is 623 g/mol. The van der Waals surface area contributed by atoms with Crippen LogP contribution in [0.4, 0.5) is 0 Å². The molecule has 0 bridgehead atoms. The molecule has 10 heteroatoms. The Hall–Kier alpha value is -3.20. The molecule has 4 aromatic rings. The maximum Gasteiger partial charge on any atom is 0.192 e.